The van der Waals surface area contributed by atoms with Gasteiger partial charge in [-0.05, 0) is 32.4 Å². The van der Waals surface area contributed by atoms with Crippen LogP contribution in [0.15, 0.2) is 47.3 Å². The van der Waals surface area contributed by atoms with Crippen LogP contribution in [0.4, 0.5) is 0 Å². The van der Waals surface area contributed by atoms with Crippen LogP contribution in [0.1, 0.15) is 37.0 Å². The molecule has 1 unspecified atom stereocenters. The van der Waals surface area contributed by atoms with E-state index in [1.807, 2.05) is 31.7 Å². The topological polar surface area (TPSA) is 65.8 Å². The van der Waals surface area contributed by atoms with Crippen LogP contribution in [0.3, 0.4) is 0 Å². The first-order chi connectivity index (χ1) is 13.4. The van der Waals surface area contributed by atoms with Gasteiger partial charge in [-0.3, -0.25) is 14.5 Å². The molecule has 0 aliphatic carbocycles. The summed E-state index contributed by atoms with van der Waals surface area (Å²) in [5.41, 5.74) is 3.29. The maximum atomic E-state index is 13.1. The van der Waals surface area contributed by atoms with E-state index >= 15 is 0 Å². The van der Waals surface area contributed by atoms with E-state index < -0.39 is 6.04 Å². The minimum atomic E-state index is -0.463. The highest BCUT2D eigenvalue weighted by Gasteiger charge is 2.33. The summed E-state index contributed by atoms with van der Waals surface area (Å²) in [5.74, 6) is -0.0862. The molecule has 150 valence electrons. The second kappa shape index (κ2) is 9.06. The van der Waals surface area contributed by atoms with E-state index in [0.717, 1.165) is 11.1 Å². The molecule has 3 rings (SSSR count). The molecule has 1 aliphatic rings. The van der Waals surface area contributed by atoms with Crippen LogP contribution in [0.25, 0.3) is 0 Å². The van der Waals surface area contributed by atoms with Gasteiger partial charge in [0.2, 0.25) is 11.8 Å². The predicted molar refractivity (Wildman–Crippen MR) is 107 cm³/mol. The Hall–Kier alpha value is -2.60. The van der Waals surface area contributed by atoms with E-state index in [-0.39, 0.29) is 24.3 Å². The van der Waals surface area contributed by atoms with Crippen LogP contribution in [0.2, 0.25) is 0 Å². The van der Waals surface area contributed by atoms with E-state index in [2.05, 4.69) is 34.5 Å². The Balaban J connectivity index is 1.70. The third-order valence-electron chi connectivity index (χ3n) is 5.19. The summed E-state index contributed by atoms with van der Waals surface area (Å²) in [7, 11) is 0. The number of carbonyl (C=O) groups excluding carboxylic acids is 2. The highest BCUT2D eigenvalue weighted by molar-refractivity contribution is 5.89. The molecule has 0 radical (unpaired) electrons. The SMILES string of the molecule is Cc1ccc(CN(C(=O)CC2C(=O)NCCN2Cc2ccoc2)C(C)C)cc1. The normalized spacial score (nSPS) is 17.6. The van der Waals surface area contributed by atoms with Crippen LogP contribution in [0, 0.1) is 6.92 Å². The van der Waals surface area contributed by atoms with Gasteiger partial charge < -0.3 is 14.6 Å². The number of furan rings is 1. The number of amides is 2. The van der Waals surface area contributed by atoms with E-state index in [1.165, 1.54) is 5.56 Å². The van der Waals surface area contributed by atoms with E-state index in [4.69, 9.17) is 4.42 Å². The molecule has 1 atom stereocenters. The molecule has 6 nitrogen and oxygen atoms in total. The number of hydrogen-bond acceptors (Lipinski definition) is 4. The van der Waals surface area contributed by atoms with Crippen molar-refractivity contribution in [1.29, 1.82) is 0 Å². The van der Waals surface area contributed by atoms with Crippen molar-refractivity contribution >= 4 is 11.8 Å². The van der Waals surface area contributed by atoms with Crippen LogP contribution in [0.5, 0.6) is 0 Å². The van der Waals surface area contributed by atoms with Gasteiger partial charge in [0.15, 0.2) is 0 Å². The van der Waals surface area contributed by atoms with Crippen LogP contribution < -0.4 is 5.32 Å². The van der Waals surface area contributed by atoms with Crippen molar-refractivity contribution in [2.45, 2.75) is 52.4 Å². The van der Waals surface area contributed by atoms with Crippen LogP contribution >= 0.6 is 0 Å². The molecule has 6 heteroatoms. The number of rotatable bonds is 7. The number of nitrogens with one attached hydrogen (secondary N) is 1. The first-order valence-corrected chi connectivity index (χ1v) is 9.82. The van der Waals surface area contributed by atoms with Crippen molar-refractivity contribution in [3.05, 3.63) is 59.5 Å². The van der Waals surface area contributed by atoms with Gasteiger partial charge >= 0.3 is 0 Å². The third kappa shape index (κ3) is 5.01. The number of aryl methyl sites for hydroxylation is 1. The average Bonchev–Trinajstić information content (AvgIpc) is 3.16. The van der Waals surface area contributed by atoms with Gasteiger partial charge in [-0.25, -0.2) is 0 Å². The minimum absolute atomic E-state index is 0.00480. The molecule has 1 fully saturated rings. The number of hydrogen-bond donors (Lipinski definition) is 1. The number of carbonyl (C=O) groups is 2. The number of benzene rings is 1. The molecule has 0 saturated carbocycles. The Morgan fingerprint density at radius 3 is 2.64 bits per heavy atom. The molecule has 1 aromatic carbocycles. The van der Waals surface area contributed by atoms with Crippen molar-refractivity contribution in [3.63, 3.8) is 0 Å². The molecular weight excluding hydrogens is 354 g/mol. The fourth-order valence-corrected chi connectivity index (χ4v) is 3.52. The lowest BCUT2D eigenvalue weighted by Crippen LogP contribution is -2.56. The fourth-order valence-electron chi connectivity index (χ4n) is 3.52. The van der Waals surface area contributed by atoms with Gasteiger partial charge in [0.25, 0.3) is 0 Å². The molecule has 2 aromatic rings. The summed E-state index contributed by atoms with van der Waals surface area (Å²) in [6, 6.07) is 9.70. The number of nitrogens with zero attached hydrogens (tertiary/aromatic N) is 2. The maximum Gasteiger partial charge on any atom is 0.237 e. The predicted octanol–water partition coefficient (Wildman–Crippen LogP) is 2.72. The second-order valence-electron chi connectivity index (χ2n) is 7.71. The quantitative estimate of drug-likeness (QED) is 0.798. The molecular formula is C22H29N3O3. The zero-order chi connectivity index (χ0) is 20.1. The highest BCUT2D eigenvalue weighted by Crippen LogP contribution is 2.18. The monoisotopic (exact) mass is 383 g/mol. The standard InChI is InChI=1S/C22H29N3O3/c1-16(2)25(14-18-6-4-17(3)5-7-18)21(26)12-20-22(27)23-9-10-24(20)13-19-8-11-28-15-19/h4-8,11,15-16,20H,9-10,12-14H2,1-3H3,(H,23,27). The first kappa shape index (κ1) is 20.1. The Kier molecular flexibility index (Phi) is 6.52. The van der Waals surface area contributed by atoms with Crippen molar-refractivity contribution in [2.75, 3.05) is 13.1 Å². The lowest BCUT2D eigenvalue weighted by molar-refractivity contribution is -0.140. The Morgan fingerprint density at radius 2 is 2.00 bits per heavy atom. The van der Waals surface area contributed by atoms with Crippen molar-refractivity contribution in [3.8, 4) is 0 Å². The molecule has 2 amide bonds. The van der Waals surface area contributed by atoms with Crippen molar-refractivity contribution in [1.82, 2.24) is 15.1 Å². The molecule has 28 heavy (non-hydrogen) atoms. The zero-order valence-electron chi connectivity index (χ0n) is 16.9. The van der Waals surface area contributed by atoms with Crippen molar-refractivity contribution < 1.29 is 14.0 Å². The van der Waals surface area contributed by atoms with Gasteiger partial charge in [0, 0.05) is 37.8 Å². The van der Waals surface area contributed by atoms with Gasteiger partial charge in [0.1, 0.15) is 0 Å². The second-order valence-corrected chi connectivity index (χ2v) is 7.71. The van der Waals surface area contributed by atoms with Gasteiger partial charge in [-0.2, -0.15) is 0 Å². The van der Waals surface area contributed by atoms with Gasteiger partial charge in [-0.15, -0.1) is 0 Å². The van der Waals surface area contributed by atoms with E-state index in [1.54, 1.807) is 12.5 Å². The van der Waals surface area contributed by atoms with Crippen LogP contribution in [-0.2, 0) is 22.7 Å². The van der Waals surface area contributed by atoms with E-state index in [9.17, 15) is 9.59 Å². The van der Waals surface area contributed by atoms with Crippen molar-refractivity contribution in [2.24, 2.45) is 0 Å². The van der Waals surface area contributed by atoms with Gasteiger partial charge in [0.05, 0.1) is 25.0 Å². The summed E-state index contributed by atoms with van der Waals surface area (Å²) in [6.45, 7) is 8.53. The average molecular weight is 383 g/mol. The molecule has 2 heterocycles. The molecule has 1 aromatic heterocycles. The maximum absolute atomic E-state index is 13.1. The Labute approximate surface area is 166 Å². The zero-order valence-corrected chi connectivity index (χ0v) is 16.9. The lowest BCUT2D eigenvalue weighted by atomic mass is 10.1. The molecule has 1 aliphatic heterocycles. The van der Waals surface area contributed by atoms with Crippen LogP contribution in [-0.4, -0.2) is 46.8 Å². The molecule has 0 bridgehead atoms. The Morgan fingerprint density at radius 1 is 1.25 bits per heavy atom. The first-order valence-electron chi connectivity index (χ1n) is 9.82. The molecule has 0 spiro atoms. The van der Waals surface area contributed by atoms with E-state index in [0.29, 0.717) is 26.2 Å². The lowest BCUT2D eigenvalue weighted by Gasteiger charge is -2.36. The minimum Gasteiger partial charge on any atom is -0.472 e. The Bertz CT molecular complexity index is 784. The summed E-state index contributed by atoms with van der Waals surface area (Å²) in [5, 5.41) is 2.90. The third-order valence-corrected chi connectivity index (χ3v) is 5.19. The molecule has 1 N–H and O–H groups in total. The number of piperazine rings is 1. The largest absolute Gasteiger partial charge is 0.472 e. The highest BCUT2D eigenvalue weighted by atomic mass is 16.3. The molecule has 1 saturated heterocycles. The summed E-state index contributed by atoms with van der Waals surface area (Å²) in [4.78, 5) is 29.5. The fraction of sp³-hybridized carbons (Fsp3) is 0.455. The van der Waals surface area contributed by atoms with Gasteiger partial charge in [-0.1, -0.05) is 29.8 Å². The summed E-state index contributed by atoms with van der Waals surface area (Å²) in [6.07, 6.45) is 3.48. The summed E-state index contributed by atoms with van der Waals surface area (Å²) < 4.78 is 5.14. The smallest absolute Gasteiger partial charge is 0.237 e. The summed E-state index contributed by atoms with van der Waals surface area (Å²) >= 11 is 0.